The fourth-order valence-corrected chi connectivity index (χ4v) is 6.39. The number of nitrogens with zero attached hydrogens (tertiary/aromatic N) is 4. The molecule has 0 radical (unpaired) electrons. The van der Waals surface area contributed by atoms with Gasteiger partial charge in [0.2, 0.25) is 0 Å². The van der Waals surface area contributed by atoms with Crippen molar-refractivity contribution in [1.29, 1.82) is 0 Å². The molecule has 3 heterocycles. The van der Waals surface area contributed by atoms with E-state index in [1.807, 2.05) is 84.9 Å². The zero-order valence-electron chi connectivity index (χ0n) is 28.1. The Kier molecular flexibility index (Phi) is 9.42. The molecule has 258 valence electrons. The highest BCUT2D eigenvalue weighted by Gasteiger charge is 2.49. The summed E-state index contributed by atoms with van der Waals surface area (Å²) in [6.45, 7) is 1.40. The largest absolute Gasteiger partial charge is 0.497 e. The van der Waals surface area contributed by atoms with E-state index in [1.54, 1.807) is 43.1 Å². The fraction of sp³-hybridized carbons (Fsp3) is 0.205. The van der Waals surface area contributed by atoms with Crippen LogP contribution in [-0.4, -0.2) is 64.4 Å². The first-order valence-electron chi connectivity index (χ1n) is 16.3. The number of aromatic nitrogens is 4. The predicted octanol–water partition coefficient (Wildman–Crippen LogP) is 5.93. The molecule has 0 spiro atoms. The lowest BCUT2D eigenvalue weighted by molar-refractivity contribution is -0.162. The Labute approximate surface area is 294 Å². The Morgan fingerprint density at radius 2 is 1.37 bits per heavy atom. The number of anilines is 1. The molecule has 3 atom stereocenters. The van der Waals surface area contributed by atoms with Crippen LogP contribution in [0.15, 0.2) is 122 Å². The van der Waals surface area contributed by atoms with Gasteiger partial charge in [-0.15, -0.1) is 0 Å². The first kappa shape index (κ1) is 33.4. The van der Waals surface area contributed by atoms with Gasteiger partial charge in [-0.2, -0.15) is 0 Å². The predicted molar refractivity (Wildman–Crippen MR) is 187 cm³/mol. The van der Waals surface area contributed by atoms with Crippen LogP contribution in [0, 0.1) is 0 Å². The number of esters is 1. The number of carbonyl (C=O) groups is 2. The molecule has 51 heavy (non-hydrogen) atoms. The van der Waals surface area contributed by atoms with Crippen molar-refractivity contribution in [2.75, 3.05) is 26.1 Å². The number of nitrogens with one attached hydrogen (secondary N) is 1. The molecule has 0 aliphatic carbocycles. The van der Waals surface area contributed by atoms with E-state index in [0.29, 0.717) is 28.2 Å². The third-order valence-corrected chi connectivity index (χ3v) is 8.78. The van der Waals surface area contributed by atoms with E-state index in [1.165, 1.54) is 19.6 Å². The number of carbonyl (C=O) groups excluding carboxylic acids is 2. The normalized spacial score (nSPS) is 17.2. The number of ether oxygens (including phenoxy) is 5. The van der Waals surface area contributed by atoms with E-state index in [0.717, 1.165) is 16.7 Å². The van der Waals surface area contributed by atoms with Gasteiger partial charge in [-0.3, -0.25) is 14.2 Å². The highest BCUT2D eigenvalue weighted by atomic mass is 16.6. The van der Waals surface area contributed by atoms with Crippen LogP contribution in [0.2, 0.25) is 0 Å². The number of methoxy groups -OCH3 is 2. The molecule has 1 amide bonds. The van der Waals surface area contributed by atoms with E-state index in [2.05, 4.69) is 20.3 Å². The molecule has 0 bridgehead atoms. The van der Waals surface area contributed by atoms with E-state index < -0.39 is 30.0 Å². The SMILES string of the molecule is COc1ccc(C(O[C@H]2CO[C@@H](n3cnc4c(NC(=O)c5ccccc5)ncnc43)[C@@H]2OC(C)=O)(c2ccccc2)c2ccc(OC)cc2)cc1. The van der Waals surface area contributed by atoms with Gasteiger partial charge >= 0.3 is 5.97 Å². The molecule has 4 aromatic carbocycles. The van der Waals surface area contributed by atoms with E-state index in [9.17, 15) is 9.59 Å². The fourth-order valence-electron chi connectivity index (χ4n) is 6.39. The number of rotatable bonds is 11. The van der Waals surface area contributed by atoms with E-state index in [4.69, 9.17) is 23.7 Å². The summed E-state index contributed by atoms with van der Waals surface area (Å²) in [5, 5.41) is 2.82. The van der Waals surface area contributed by atoms with Crippen molar-refractivity contribution < 1.29 is 33.3 Å². The quantitative estimate of drug-likeness (QED) is 0.129. The molecule has 12 heteroatoms. The number of hydrogen-bond donors (Lipinski definition) is 1. The second-order valence-corrected chi connectivity index (χ2v) is 11.8. The lowest BCUT2D eigenvalue weighted by atomic mass is 9.79. The van der Waals surface area contributed by atoms with Gasteiger partial charge in [-0.05, 0) is 53.1 Å². The van der Waals surface area contributed by atoms with Gasteiger partial charge in [0.1, 0.15) is 29.5 Å². The van der Waals surface area contributed by atoms with Crippen LogP contribution >= 0.6 is 0 Å². The van der Waals surface area contributed by atoms with Gasteiger partial charge < -0.3 is 29.0 Å². The molecule has 7 rings (SSSR count). The average Bonchev–Trinajstić information content (AvgIpc) is 3.78. The molecule has 1 aliphatic rings. The van der Waals surface area contributed by atoms with Crippen molar-refractivity contribution >= 4 is 28.9 Å². The average molecular weight is 686 g/mol. The van der Waals surface area contributed by atoms with Crippen LogP contribution in [0.4, 0.5) is 5.82 Å². The minimum atomic E-state index is -1.20. The minimum absolute atomic E-state index is 0.0614. The summed E-state index contributed by atoms with van der Waals surface area (Å²) >= 11 is 0. The molecule has 0 saturated carbocycles. The third kappa shape index (κ3) is 6.50. The lowest BCUT2D eigenvalue weighted by Gasteiger charge is -2.39. The Morgan fingerprint density at radius 1 is 0.784 bits per heavy atom. The first-order valence-corrected chi connectivity index (χ1v) is 16.3. The van der Waals surface area contributed by atoms with Gasteiger partial charge in [0.05, 0.1) is 27.2 Å². The second kappa shape index (κ2) is 14.4. The minimum Gasteiger partial charge on any atom is -0.497 e. The van der Waals surface area contributed by atoms with Gasteiger partial charge in [-0.25, -0.2) is 15.0 Å². The van der Waals surface area contributed by atoms with Crippen molar-refractivity contribution in [1.82, 2.24) is 19.5 Å². The molecular weight excluding hydrogens is 650 g/mol. The van der Waals surface area contributed by atoms with E-state index >= 15 is 0 Å². The van der Waals surface area contributed by atoms with Crippen molar-refractivity contribution in [3.8, 4) is 11.5 Å². The zero-order valence-corrected chi connectivity index (χ0v) is 28.1. The molecule has 1 saturated heterocycles. The molecule has 1 fully saturated rings. The maximum atomic E-state index is 13.0. The van der Waals surface area contributed by atoms with Crippen LogP contribution in [-0.2, 0) is 24.6 Å². The number of hydrogen-bond acceptors (Lipinski definition) is 10. The summed E-state index contributed by atoms with van der Waals surface area (Å²) < 4.78 is 32.3. The van der Waals surface area contributed by atoms with Crippen molar-refractivity contribution in [3.05, 3.63) is 144 Å². The number of imidazole rings is 1. The zero-order chi connectivity index (χ0) is 35.4. The highest BCUT2D eigenvalue weighted by Crippen LogP contribution is 2.45. The van der Waals surface area contributed by atoms with Gasteiger partial charge in [0.25, 0.3) is 5.91 Å². The van der Waals surface area contributed by atoms with Crippen LogP contribution < -0.4 is 14.8 Å². The molecular formula is C39H35N5O7. The monoisotopic (exact) mass is 685 g/mol. The maximum Gasteiger partial charge on any atom is 0.303 e. The van der Waals surface area contributed by atoms with Crippen LogP contribution in [0.3, 0.4) is 0 Å². The summed E-state index contributed by atoms with van der Waals surface area (Å²) in [6, 6.07) is 33.9. The standard InChI is InChI=1S/C39H35N5O7/c1-25(45)50-34-32(22-49-38(34)44-24-42-33-35(40-23-41-36(33)44)43-37(46)26-10-6-4-7-11-26)51-39(27-12-8-5-9-13-27,28-14-18-30(47-2)19-15-28)29-16-20-31(48-3)21-17-29/h4-21,23-24,32,34,38H,22H2,1-3H3,(H,40,41,43,46)/t32-,34+,38+/m0/s1. The summed E-state index contributed by atoms with van der Waals surface area (Å²) in [6.07, 6.45) is 0.269. The van der Waals surface area contributed by atoms with Gasteiger partial charge in [0, 0.05) is 12.5 Å². The smallest absolute Gasteiger partial charge is 0.303 e. The molecule has 2 aromatic heterocycles. The van der Waals surface area contributed by atoms with E-state index in [-0.39, 0.29) is 18.3 Å². The van der Waals surface area contributed by atoms with Gasteiger partial charge in [-0.1, -0.05) is 72.8 Å². The Balaban J connectivity index is 1.30. The lowest BCUT2D eigenvalue weighted by Crippen LogP contribution is -2.43. The Bertz CT molecular complexity index is 2080. The Hall–Kier alpha value is -6.11. The topological polar surface area (TPSA) is 136 Å². The molecule has 12 nitrogen and oxygen atoms in total. The molecule has 1 aliphatic heterocycles. The number of amides is 1. The molecule has 6 aromatic rings. The molecule has 1 N–H and O–H groups in total. The summed E-state index contributed by atoms with van der Waals surface area (Å²) in [4.78, 5) is 39.0. The summed E-state index contributed by atoms with van der Waals surface area (Å²) in [7, 11) is 3.23. The Morgan fingerprint density at radius 3 is 1.96 bits per heavy atom. The van der Waals surface area contributed by atoms with Crippen molar-refractivity contribution in [3.63, 3.8) is 0 Å². The third-order valence-electron chi connectivity index (χ3n) is 8.78. The van der Waals surface area contributed by atoms with Crippen molar-refractivity contribution in [2.24, 2.45) is 0 Å². The summed E-state index contributed by atoms with van der Waals surface area (Å²) in [5.74, 6) is 0.738. The second-order valence-electron chi connectivity index (χ2n) is 11.8. The molecule has 0 unspecified atom stereocenters. The summed E-state index contributed by atoms with van der Waals surface area (Å²) in [5.41, 5.74) is 2.43. The highest BCUT2D eigenvalue weighted by molar-refractivity contribution is 6.06. The first-order chi connectivity index (χ1) is 24.9. The number of benzene rings is 4. The van der Waals surface area contributed by atoms with Gasteiger partial charge in [0.15, 0.2) is 29.3 Å². The van der Waals surface area contributed by atoms with Crippen LogP contribution in [0.5, 0.6) is 11.5 Å². The maximum absolute atomic E-state index is 13.0. The van der Waals surface area contributed by atoms with Crippen molar-refractivity contribution in [2.45, 2.75) is 31.0 Å². The number of fused-ring (bicyclic) bond motifs is 1. The van der Waals surface area contributed by atoms with Crippen LogP contribution in [0.25, 0.3) is 11.2 Å². The van der Waals surface area contributed by atoms with Crippen LogP contribution in [0.1, 0.15) is 40.2 Å².